The molecule has 3 rings (SSSR count). The molecule has 0 atom stereocenters. The molecule has 7 nitrogen and oxygen atoms in total. The molecule has 0 aliphatic carbocycles. The minimum atomic E-state index is -0.0869. The lowest BCUT2D eigenvalue weighted by atomic mass is 9.89. The predicted molar refractivity (Wildman–Crippen MR) is 115 cm³/mol. The molecule has 30 heavy (non-hydrogen) atoms. The van der Waals surface area contributed by atoms with Gasteiger partial charge in [-0.3, -0.25) is 9.78 Å². The summed E-state index contributed by atoms with van der Waals surface area (Å²) in [7, 11) is 3.25. The summed E-state index contributed by atoms with van der Waals surface area (Å²) in [6.45, 7) is 7.99. The van der Waals surface area contributed by atoms with Gasteiger partial charge in [0, 0.05) is 42.7 Å². The van der Waals surface area contributed by atoms with Crippen molar-refractivity contribution in [2.45, 2.75) is 39.5 Å². The van der Waals surface area contributed by atoms with Crippen LogP contribution >= 0.6 is 0 Å². The van der Waals surface area contributed by atoms with Gasteiger partial charge in [0.1, 0.15) is 11.4 Å². The van der Waals surface area contributed by atoms with E-state index >= 15 is 0 Å². The van der Waals surface area contributed by atoms with Crippen LogP contribution in [-0.4, -0.2) is 54.7 Å². The fourth-order valence-corrected chi connectivity index (χ4v) is 3.65. The Balaban J connectivity index is 1.66. The Hall–Kier alpha value is -2.83. The predicted octanol–water partition coefficient (Wildman–Crippen LogP) is 3.86. The van der Waals surface area contributed by atoms with Crippen LogP contribution in [0.25, 0.3) is 0 Å². The van der Waals surface area contributed by atoms with Crippen LogP contribution in [0.3, 0.4) is 0 Å². The van der Waals surface area contributed by atoms with Gasteiger partial charge in [0.2, 0.25) is 0 Å². The number of hydrogen-bond donors (Lipinski definition) is 0. The average molecular weight is 414 g/mol. The summed E-state index contributed by atoms with van der Waals surface area (Å²) in [6.07, 6.45) is 5.20. The Morgan fingerprint density at radius 3 is 2.40 bits per heavy atom. The van der Waals surface area contributed by atoms with E-state index in [1.54, 1.807) is 26.5 Å². The Bertz CT molecular complexity index is 877. The molecule has 1 amide bonds. The van der Waals surface area contributed by atoms with Gasteiger partial charge in [-0.1, -0.05) is 13.8 Å². The Kier molecular flexibility index (Phi) is 7.13. The Morgan fingerprint density at radius 1 is 1.07 bits per heavy atom. The maximum atomic E-state index is 13.0. The lowest BCUT2D eigenvalue weighted by molar-refractivity contribution is 0.0706. The lowest BCUT2D eigenvalue weighted by Crippen LogP contribution is -2.38. The molecular formula is C23H31N3O4. The molecule has 1 aliphatic heterocycles. The standard InChI is InChI=1S/C23H31N3O4/c1-15(2)14-30-22-13-25-19(11-21(22)29-5)23(27)26-8-6-17(7-9-26)18-12-24-16(3)10-20(18)28-4/h10-13,15,17H,6-9,14H2,1-5H3. The van der Waals surface area contributed by atoms with E-state index in [4.69, 9.17) is 14.2 Å². The molecule has 2 aromatic rings. The zero-order chi connectivity index (χ0) is 21.7. The smallest absolute Gasteiger partial charge is 0.272 e. The molecule has 7 heteroatoms. The van der Waals surface area contributed by atoms with Crippen LogP contribution in [0.5, 0.6) is 17.2 Å². The second kappa shape index (κ2) is 9.78. The summed E-state index contributed by atoms with van der Waals surface area (Å²) in [5.74, 6) is 2.58. The molecule has 1 aliphatic rings. The van der Waals surface area contributed by atoms with Gasteiger partial charge in [0.25, 0.3) is 5.91 Å². The number of ether oxygens (including phenoxy) is 3. The van der Waals surface area contributed by atoms with Crippen LogP contribution in [0.4, 0.5) is 0 Å². The van der Waals surface area contributed by atoms with Crippen molar-refractivity contribution in [2.24, 2.45) is 5.92 Å². The summed E-state index contributed by atoms with van der Waals surface area (Å²) in [5.41, 5.74) is 2.42. The molecule has 0 spiro atoms. The normalized spacial score (nSPS) is 14.7. The maximum Gasteiger partial charge on any atom is 0.272 e. The fraction of sp³-hybridized carbons (Fsp3) is 0.522. The van der Waals surface area contributed by atoms with Crippen molar-refractivity contribution in [3.63, 3.8) is 0 Å². The highest BCUT2D eigenvalue weighted by atomic mass is 16.5. The first-order valence-corrected chi connectivity index (χ1v) is 10.4. The summed E-state index contributed by atoms with van der Waals surface area (Å²) in [4.78, 5) is 23.6. The molecule has 0 radical (unpaired) electrons. The van der Waals surface area contributed by atoms with Crippen molar-refractivity contribution >= 4 is 5.91 Å². The molecule has 0 bridgehead atoms. The van der Waals surface area contributed by atoms with Gasteiger partial charge in [-0.2, -0.15) is 0 Å². The molecule has 1 fully saturated rings. The van der Waals surface area contributed by atoms with Crippen molar-refractivity contribution in [2.75, 3.05) is 33.9 Å². The quantitative estimate of drug-likeness (QED) is 0.686. The van der Waals surface area contributed by atoms with Gasteiger partial charge in [0.05, 0.1) is 27.0 Å². The summed E-state index contributed by atoms with van der Waals surface area (Å²) >= 11 is 0. The summed E-state index contributed by atoms with van der Waals surface area (Å²) in [6, 6.07) is 3.63. The fourth-order valence-electron chi connectivity index (χ4n) is 3.65. The maximum absolute atomic E-state index is 13.0. The highest BCUT2D eigenvalue weighted by Gasteiger charge is 2.27. The van der Waals surface area contributed by atoms with Crippen LogP contribution < -0.4 is 14.2 Å². The van der Waals surface area contributed by atoms with E-state index in [0.717, 1.165) is 29.8 Å². The van der Waals surface area contributed by atoms with E-state index in [9.17, 15) is 4.79 Å². The van der Waals surface area contributed by atoms with Crippen molar-refractivity contribution in [3.05, 3.63) is 41.5 Å². The number of pyridine rings is 2. The van der Waals surface area contributed by atoms with Crippen molar-refractivity contribution in [1.82, 2.24) is 14.9 Å². The van der Waals surface area contributed by atoms with Gasteiger partial charge >= 0.3 is 0 Å². The number of carbonyl (C=O) groups excluding carboxylic acids is 1. The molecule has 2 aromatic heterocycles. The monoisotopic (exact) mass is 413 g/mol. The lowest BCUT2D eigenvalue weighted by Gasteiger charge is -2.32. The number of hydrogen-bond acceptors (Lipinski definition) is 6. The zero-order valence-electron chi connectivity index (χ0n) is 18.5. The number of rotatable bonds is 7. The molecular weight excluding hydrogens is 382 g/mol. The number of aromatic nitrogens is 2. The minimum Gasteiger partial charge on any atom is -0.496 e. The van der Waals surface area contributed by atoms with Gasteiger partial charge in [0.15, 0.2) is 11.5 Å². The van der Waals surface area contributed by atoms with Crippen molar-refractivity contribution in [1.29, 1.82) is 0 Å². The largest absolute Gasteiger partial charge is 0.496 e. The van der Waals surface area contributed by atoms with E-state index in [-0.39, 0.29) is 5.91 Å². The van der Waals surface area contributed by atoms with Crippen LogP contribution in [0, 0.1) is 12.8 Å². The number of nitrogens with zero attached hydrogens (tertiary/aromatic N) is 3. The first-order valence-electron chi connectivity index (χ1n) is 10.4. The first kappa shape index (κ1) is 21.9. The summed E-state index contributed by atoms with van der Waals surface area (Å²) < 4.78 is 16.7. The molecule has 0 saturated carbocycles. The third kappa shape index (κ3) is 5.01. The van der Waals surface area contributed by atoms with Crippen LogP contribution in [0.1, 0.15) is 54.4 Å². The number of methoxy groups -OCH3 is 2. The van der Waals surface area contributed by atoms with E-state index in [2.05, 4.69) is 23.8 Å². The van der Waals surface area contributed by atoms with Crippen molar-refractivity contribution < 1.29 is 19.0 Å². The molecule has 0 N–H and O–H groups in total. The third-order valence-corrected chi connectivity index (χ3v) is 5.32. The van der Waals surface area contributed by atoms with Gasteiger partial charge in [-0.25, -0.2) is 4.98 Å². The highest BCUT2D eigenvalue weighted by molar-refractivity contribution is 5.93. The Morgan fingerprint density at radius 2 is 1.77 bits per heavy atom. The molecule has 0 aromatic carbocycles. The van der Waals surface area contributed by atoms with Gasteiger partial charge in [-0.05, 0) is 31.6 Å². The van der Waals surface area contributed by atoms with E-state index in [1.807, 2.05) is 24.1 Å². The van der Waals surface area contributed by atoms with E-state index in [0.29, 0.717) is 48.7 Å². The van der Waals surface area contributed by atoms with E-state index < -0.39 is 0 Å². The number of carbonyl (C=O) groups is 1. The van der Waals surface area contributed by atoms with Crippen LogP contribution in [0.15, 0.2) is 24.5 Å². The third-order valence-electron chi connectivity index (χ3n) is 5.32. The molecule has 162 valence electrons. The minimum absolute atomic E-state index is 0.0869. The molecule has 1 saturated heterocycles. The number of likely N-dealkylation sites (tertiary alicyclic amines) is 1. The van der Waals surface area contributed by atoms with Crippen molar-refractivity contribution in [3.8, 4) is 17.2 Å². The number of amides is 1. The number of piperidine rings is 1. The van der Waals surface area contributed by atoms with Crippen LogP contribution in [-0.2, 0) is 0 Å². The van der Waals surface area contributed by atoms with Gasteiger partial charge < -0.3 is 19.1 Å². The molecule has 0 unspecified atom stereocenters. The molecule has 3 heterocycles. The number of aryl methyl sites for hydroxylation is 1. The topological polar surface area (TPSA) is 73.8 Å². The first-order chi connectivity index (χ1) is 14.4. The van der Waals surface area contributed by atoms with Crippen LogP contribution in [0.2, 0.25) is 0 Å². The van der Waals surface area contributed by atoms with Gasteiger partial charge in [-0.15, -0.1) is 0 Å². The highest BCUT2D eigenvalue weighted by Crippen LogP contribution is 2.34. The zero-order valence-corrected chi connectivity index (χ0v) is 18.5. The SMILES string of the molecule is COc1cc(C(=O)N2CCC(c3cnc(C)cc3OC)CC2)ncc1OCC(C)C. The van der Waals surface area contributed by atoms with E-state index in [1.165, 1.54) is 0 Å². The summed E-state index contributed by atoms with van der Waals surface area (Å²) in [5, 5.41) is 0. The Labute approximate surface area is 178 Å². The second-order valence-corrected chi connectivity index (χ2v) is 8.06. The second-order valence-electron chi connectivity index (χ2n) is 8.06. The average Bonchev–Trinajstić information content (AvgIpc) is 2.77.